The maximum atomic E-state index is 13.1. The minimum absolute atomic E-state index is 0.0943. The second kappa shape index (κ2) is 12.6. The first kappa shape index (κ1) is 25.8. The van der Waals surface area contributed by atoms with Gasteiger partial charge in [0.05, 0.1) is 38.1 Å². The minimum Gasteiger partial charge on any atom is -0.467 e. The van der Waals surface area contributed by atoms with Gasteiger partial charge in [-0.1, -0.05) is 19.0 Å². The summed E-state index contributed by atoms with van der Waals surface area (Å²) in [5.41, 5.74) is 2.41. The fourth-order valence-electron chi connectivity index (χ4n) is 3.56. The number of nitrogens with zero attached hydrogens (tertiary/aromatic N) is 3. The summed E-state index contributed by atoms with van der Waals surface area (Å²) in [6.07, 6.45) is 0.569. The Kier molecular flexibility index (Phi) is 9.54. The molecular weight excluding hydrogens is 462 g/mol. The van der Waals surface area contributed by atoms with Crippen molar-refractivity contribution in [2.75, 3.05) is 33.4 Å². The summed E-state index contributed by atoms with van der Waals surface area (Å²) in [5, 5.41) is 11.1. The van der Waals surface area contributed by atoms with Crippen molar-refractivity contribution in [3.63, 3.8) is 0 Å². The number of aromatic nitrogens is 2. The molecule has 186 valence electrons. The molecule has 2 atom stereocenters. The number of hydrogen-bond acceptors (Lipinski definition) is 10. The van der Waals surface area contributed by atoms with Gasteiger partial charge in [-0.2, -0.15) is 0 Å². The van der Waals surface area contributed by atoms with E-state index in [1.165, 1.54) is 18.4 Å². The zero-order valence-corrected chi connectivity index (χ0v) is 20.4. The number of esters is 1. The zero-order valence-electron chi connectivity index (χ0n) is 19.6. The molecule has 3 heterocycles. The van der Waals surface area contributed by atoms with Crippen molar-refractivity contribution >= 4 is 29.1 Å². The van der Waals surface area contributed by atoms with Gasteiger partial charge in [0.25, 0.3) is 5.91 Å². The molecule has 0 aromatic carbocycles. The smallest absolute Gasteiger partial charge is 0.328 e. The van der Waals surface area contributed by atoms with Crippen molar-refractivity contribution in [3.8, 4) is 0 Å². The van der Waals surface area contributed by atoms with E-state index in [-0.39, 0.29) is 18.0 Å². The van der Waals surface area contributed by atoms with Crippen LogP contribution in [-0.4, -0.2) is 78.3 Å². The Morgan fingerprint density at radius 1 is 1.21 bits per heavy atom. The van der Waals surface area contributed by atoms with Crippen LogP contribution in [0, 0.1) is 5.92 Å². The van der Waals surface area contributed by atoms with Crippen LogP contribution < -0.4 is 10.6 Å². The molecule has 1 saturated heterocycles. The van der Waals surface area contributed by atoms with Crippen LogP contribution in [0.25, 0.3) is 0 Å². The van der Waals surface area contributed by atoms with Crippen LogP contribution in [0.2, 0.25) is 0 Å². The highest BCUT2D eigenvalue weighted by Gasteiger charge is 2.29. The molecular formula is C22H31N5O6S. The summed E-state index contributed by atoms with van der Waals surface area (Å²) in [4.78, 5) is 44.5. The van der Waals surface area contributed by atoms with E-state index in [2.05, 4.69) is 25.7 Å². The van der Waals surface area contributed by atoms with Gasteiger partial charge < -0.3 is 24.6 Å². The third-order valence-corrected chi connectivity index (χ3v) is 5.94. The van der Waals surface area contributed by atoms with Crippen LogP contribution in [0.3, 0.4) is 0 Å². The molecule has 0 spiro atoms. The van der Waals surface area contributed by atoms with Gasteiger partial charge in [0.15, 0.2) is 11.5 Å². The molecule has 0 unspecified atom stereocenters. The van der Waals surface area contributed by atoms with E-state index in [1.807, 2.05) is 13.8 Å². The molecule has 12 heteroatoms. The lowest BCUT2D eigenvalue weighted by atomic mass is 10.0. The van der Waals surface area contributed by atoms with E-state index in [0.29, 0.717) is 37.6 Å². The van der Waals surface area contributed by atoms with Crippen molar-refractivity contribution in [2.24, 2.45) is 5.92 Å². The summed E-state index contributed by atoms with van der Waals surface area (Å²) in [7, 11) is 1.26. The minimum atomic E-state index is -0.918. The lowest BCUT2D eigenvalue weighted by molar-refractivity contribution is -0.145. The second-order valence-electron chi connectivity index (χ2n) is 8.49. The van der Waals surface area contributed by atoms with Gasteiger partial charge in [-0.25, -0.2) is 9.78 Å². The van der Waals surface area contributed by atoms with Crippen LogP contribution in [-0.2, 0) is 32.0 Å². The Morgan fingerprint density at radius 2 is 1.97 bits per heavy atom. The number of methoxy groups -OCH3 is 1. The summed E-state index contributed by atoms with van der Waals surface area (Å²) < 4.78 is 15.5. The molecule has 2 aromatic rings. The zero-order chi connectivity index (χ0) is 24.5. The molecule has 3 rings (SSSR count). The fourth-order valence-corrected chi connectivity index (χ4v) is 4.14. The second-order valence-corrected chi connectivity index (χ2v) is 9.21. The number of carbonyl (C=O) groups excluding carboxylic acids is 3. The standard InChI is InChI=1S/C22H31N5O6S/c1-14(2)8-17(20(28)25-19(22(30)31-3)9-15-12-34-13-23-15)24-21(29)18-10-16(33-26-18)11-27-4-6-32-7-5-27/h10,12-14,17,19H,4-9,11H2,1-3H3,(H,24,29)(H,25,28)/t17-,19-/m0/s1. The van der Waals surface area contributed by atoms with E-state index in [1.54, 1.807) is 17.0 Å². The van der Waals surface area contributed by atoms with Crippen LogP contribution in [0.15, 0.2) is 21.5 Å². The SMILES string of the molecule is COC(=O)[C@H](Cc1cscn1)NC(=O)[C@H](CC(C)C)NC(=O)c1cc(CN2CCOCC2)on1. The van der Waals surface area contributed by atoms with E-state index < -0.39 is 29.9 Å². The molecule has 2 aromatic heterocycles. The molecule has 11 nitrogen and oxygen atoms in total. The van der Waals surface area contributed by atoms with Crippen molar-refractivity contribution in [2.45, 2.75) is 45.3 Å². The molecule has 1 aliphatic heterocycles. The lowest BCUT2D eigenvalue weighted by Crippen LogP contribution is -2.53. The number of hydrogen-bond donors (Lipinski definition) is 2. The quantitative estimate of drug-likeness (QED) is 0.440. The number of rotatable bonds is 11. The Morgan fingerprint density at radius 3 is 2.62 bits per heavy atom. The average molecular weight is 494 g/mol. The molecule has 1 aliphatic rings. The van der Waals surface area contributed by atoms with Crippen LogP contribution >= 0.6 is 11.3 Å². The van der Waals surface area contributed by atoms with Gasteiger partial charge in [-0.05, 0) is 12.3 Å². The average Bonchev–Trinajstić information content (AvgIpc) is 3.50. The van der Waals surface area contributed by atoms with E-state index in [4.69, 9.17) is 14.0 Å². The normalized spacial score (nSPS) is 16.1. The first-order chi connectivity index (χ1) is 16.4. The maximum Gasteiger partial charge on any atom is 0.328 e. The van der Waals surface area contributed by atoms with Crippen molar-refractivity contribution < 1.29 is 28.4 Å². The topological polar surface area (TPSA) is 136 Å². The Balaban J connectivity index is 1.64. The summed E-state index contributed by atoms with van der Waals surface area (Å²) in [6, 6.07) is -0.206. The van der Waals surface area contributed by atoms with Gasteiger partial charge in [0.1, 0.15) is 12.1 Å². The van der Waals surface area contributed by atoms with Gasteiger partial charge in [0.2, 0.25) is 5.91 Å². The summed E-state index contributed by atoms with van der Waals surface area (Å²) >= 11 is 1.40. The van der Waals surface area contributed by atoms with Crippen LogP contribution in [0.5, 0.6) is 0 Å². The predicted octanol–water partition coefficient (Wildman–Crippen LogP) is 1.01. The Hall–Kier alpha value is -2.83. The van der Waals surface area contributed by atoms with Crippen molar-refractivity contribution in [3.05, 3.63) is 34.1 Å². The monoisotopic (exact) mass is 493 g/mol. The Bertz CT molecular complexity index is 941. The third kappa shape index (κ3) is 7.61. The number of amides is 2. The Labute approximate surface area is 202 Å². The largest absolute Gasteiger partial charge is 0.467 e. The number of morpholine rings is 1. The molecule has 2 N–H and O–H groups in total. The molecule has 1 fully saturated rings. The van der Waals surface area contributed by atoms with E-state index in [9.17, 15) is 14.4 Å². The number of nitrogens with one attached hydrogen (secondary N) is 2. The van der Waals surface area contributed by atoms with Crippen LogP contribution in [0.4, 0.5) is 0 Å². The fraction of sp³-hybridized carbons (Fsp3) is 0.591. The van der Waals surface area contributed by atoms with Crippen molar-refractivity contribution in [1.82, 2.24) is 25.7 Å². The number of ether oxygens (including phenoxy) is 2. The highest BCUT2D eigenvalue weighted by Crippen LogP contribution is 2.12. The molecule has 2 amide bonds. The molecule has 0 radical (unpaired) electrons. The number of thiazole rings is 1. The molecule has 34 heavy (non-hydrogen) atoms. The third-order valence-electron chi connectivity index (χ3n) is 5.30. The van der Waals surface area contributed by atoms with Gasteiger partial charge >= 0.3 is 5.97 Å². The van der Waals surface area contributed by atoms with E-state index in [0.717, 1.165) is 13.1 Å². The van der Waals surface area contributed by atoms with Gasteiger partial charge in [-0.3, -0.25) is 14.5 Å². The van der Waals surface area contributed by atoms with Crippen molar-refractivity contribution in [1.29, 1.82) is 0 Å². The molecule has 0 aliphatic carbocycles. The van der Waals surface area contributed by atoms with Gasteiger partial charge in [-0.15, -0.1) is 11.3 Å². The summed E-state index contributed by atoms with van der Waals surface area (Å²) in [6.45, 7) is 7.27. The summed E-state index contributed by atoms with van der Waals surface area (Å²) in [5.74, 6) is -0.914. The first-order valence-electron chi connectivity index (χ1n) is 11.2. The van der Waals surface area contributed by atoms with E-state index >= 15 is 0 Å². The highest BCUT2D eigenvalue weighted by molar-refractivity contribution is 7.07. The first-order valence-corrected chi connectivity index (χ1v) is 12.1. The molecule has 0 saturated carbocycles. The maximum absolute atomic E-state index is 13.1. The lowest BCUT2D eigenvalue weighted by Gasteiger charge is -2.25. The van der Waals surface area contributed by atoms with Gasteiger partial charge in [0, 0.05) is 31.0 Å². The highest BCUT2D eigenvalue weighted by atomic mass is 32.1. The molecule has 0 bridgehead atoms. The van der Waals surface area contributed by atoms with Crippen LogP contribution in [0.1, 0.15) is 42.2 Å². The predicted molar refractivity (Wildman–Crippen MR) is 123 cm³/mol. The number of carbonyl (C=O) groups is 3.